The summed E-state index contributed by atoms with van der Waals surface area (Å²) in [5.41, 5.74) is 0.463. The fraction of sp³-hybridized carbons (Fsp3) is 0.611. The molecule has 0 aromatic heterocycles. The number of urea groups is 1. The first-order valence-corrected chi connectivity index (χ1v) is 8.31. The van der Waals surface area contributed by atoms with Crippen LogP contribution in [0.15, 0.2) is 24.3 Å². The quantitative estimate of drug-likeness (QED) is 0.690. The monoisotopic (exact) mass is 320 g/mol. The van der Waals surface area contributed by atoms with E-state index in [-0.39, 0.29) is 12.6 Å². The fourth-order valence-electron chi connectivity index (χ4n) is 2.49. The molecule has 2 amide bonds. The molecule has 0 saturated heterocycles. The highest BCUT2D eigenvalue weighted by atomic mass is 16.5. The zero-order chi connectivity index (χ0) is 16.9. The average molecular weight is 320 g/mol. The topological polar surface area (TPSA) is 70.6 Å². The molecule has 1 saturated carbocycles. The molecule has 1 aliphatic rings. The SMILES string of the molecule is CC(C)COc1cccc(CNC(=O)NC(C)(CO)C2CC2)c1. The van der Waals surface area contributed by atoms with Crippen molar-refractivity contribution in [2.75, 3.05) is 13.2 Å². The lowest BCUT2D eigenvalue weighted by Crippen LogP contribution is -2.53. The molecule has 1 aromatic carbocycles. The Morgan fingerprint density at radius 2 is 2.17 bits per heavy atom. The lowest BCUT2D eigenvalue weighted by molar-refractivity contribution is 0.155. The molecule has 1 atom stereocenters. The van der Waals surface area contributed by atoms with Crippen molar-refractivity contribution in [2.24, 2.45) is 11.8 Å². The normalized spacial score (nSPS) is 16.7. The van der Waals surface area contributed by atoms with Crippen LogP contribution < -0.4 is 15.4 Å². The van der Waals surface area contributed by atoms with Crippen LogP contribution >= 0.6 is 0 Å². The van der Waals surface area contributed by atoms with Crippen LogP contribution in [-0.4, -0.2) is 29.9 Å². The minimum atomic E-state index is -0.522. The van der Waals surface area contributed by atoms with E-state index in [0.717, 1.165) is 24.2 Å². The van der Waals surface area contributed by atoms with Gasteiger partial charge >= 0.3 is 6.03 Å². The largest absolute Gasteiger partial charge is 0.493 e. The molecule has 0 heterocycles. The Kier molecular flexibility index (Phi) is 5.88. The Bertz CT molecular complexity index is 529. The highest BCUT2D eigenvalue weighted by Crippen LogP contribution is 2.39. The molecule has 1 fully saturated rings. The molecular formula is C18H28N2O3. The lowest BCUT2D eigenvalue weighted by atomic mass is 9.97. The van der Waals surface area contributed by atoms with Crippen molar-refractivity contribution >= 4 is 6.03 Å². The van der Waals surface area contributed by atoms with Crippen LogP contribution in [0.25, 0.3) is 0 Å². The van der Waals surface area contributed by atoms with Gasteiger partial charge in [-0.2, -0.15) is 0 Å². The molecule has 5 heteroatoms. The first-order valence-electron chi connectivity index (χ1n) is 8.31. The maximum Gasteiger partial charge on any atom is 0.315 e. The summed E-state index contributed by atoms with van der Waals surface area (Å²) in [6, 6.07) is 7.49. The van der Waals surface area contributed by atoms with Crippen molar-refractivity contribution in [2.45, 2.75) is 45.7 Å². The number of aliphatic hydroxyl groups is 1. The molecule has 0 aliphatic heterocycles. The van der Waals surface area contributed by atoms with Gasteiger partial charge in [0, 0.05) is 6.54 Å². The van der Waals surface area contributed by atoms with Gasteiger partial charge in [0.15, 0.2) is 0 Å². The van der Waals surface area contributed by atoms with Gasteiger partial charge in [-0.15, -0.1) is 0 Å². The zero-order valence-corrected chi connectivity index (χ0v) is 14.3. The Hall–Kier alpha value is -1.75. The predicted octanol–water partition coefficient (Wildman–Crippen LogP) is 2.68. The molecule has 23 heavy (non-hydrogen) atoms. The number of carbonyl (C=O) groups excluding carboxylic acids is 1. The maximum atomic E-state index is 12.1. The molecule has 1 unspecified atom stereocenters. The van der Waals surface area contributed by atoms with E-state index in [0.29, 0.717) is 25.0 Å². The Labute approximate surface area is 138 Å². The highest BCUT2D eigenvalue weighted by Gasteiger charge is 2.42. The first kappa shape index (κ1) is 17.6. The first-order chi connectivity index (χ1) is 10.9. The second-order valence-electron chi connectivity index (χ2n) is 7.01. The van der Waals surface area contributed by atoms with Gasteiger partial charge < -0.3 is 20.5 Å². The average Bonchev–Trinajstić information content (AvgIpc) is 3.36. The van der Waals surface area contributed by atoms with Crippen LogP contribution in [0, 0.1) is 11.8 Å². The van der Waals surface area contributed by atoms with Gasteiger partial charge in [-0.3, -0.25) is 0 Å². The van der Waals surface area contributed by atoms with Gasteiger partial charge in [-0.25, -0.2) is 4.79 Å². The van der Waals surface area contributed by atoms with Crippen LogP contribution in [0.3, 0.4) is 0 Å². The van der Waals surface area contributed by atoms with Gasteiger partial charge in [-0.05, 0) is 49.3 Å². The minimum absolute atomic E-state index is 0.0381. The van der Waals surface area contributed by atoms with E-state index in [1.807, 2.05) is 31.2 Å². The van der Waals surface area contributed by atoms with Crippen molar-refractivity contribution in [3.8, 4) is 5.75 Å². The van der Waals surface area contributed by atoms with Crippen molar-refractivity contribution in [3.63, 3.8) is 0 Å². The summed E-state index contributed by atoms with van der Waals surface area (Å²) in [7, 11) is 0. The number of rotatable bonds is 8. The Balaban J connectivity index is 1.83. The molecule has 0 radical (unpaired) electrons. The van der Waals surface area contributed by atoms with E-state index in [1.165, 1.54) is 0 Å². The van der Waals surface area contributed by atoms with Crippen LogP contribution in [-0.2, 0) is 6.54 Å². The maximum absolute atomic E-state index is 12.1. The summed E-state index contributed by atoms with van der Waals surface area (Å²) in [5.74, 6) is 1.67. The van der Waals surface area contributed by atoms with E-state index in [9.17, 15) is 9.90 Å². The minimum Gasteiger partial charge on any atom is -0.493 e. The fourth-order valence-corrected chi connectivity index (χ4v) is 2.49. The van der Waals surface area contributed by atoms with Gasteiger partial charge in [0.05, 0.1) is 18.8 Å². The summed E-state index contributed by atoms with van der Waals surface area (Å²) in [4.78, 5) is 12.1. The number of hydrogen-bond acceptors (Lipinski definition) is 3. The molecule has 0 bridgehead atoms. The van der Waals surface area contributed by atoms with Crippen molar-refractivity contribution in [1.29, 1.82) is 0 Å². The van der Waals surface area contributed by atoms with Crippen LogP contribution in [0.4, 0.5) is 4.79 Å². The summed E-state index contributed by atoms with van der Waals surface area (Å²) in [6.45, 7) is 7.17. The second-order valence-corrected chi connectivity index (χ2v) is 7.01. The molecule has 1 aromatic rings. The van der Waals surface area contributed by atoms with Crippen LogP contribution in [0.2, 0.25) is 0 Å². The van der Waals surface area contributed by atoms with Crippen LogP contribution in [0.1, 0.15) is 39.2 Å². The number of nitrogens with one attached hydrogen (secondary N) is 2. The van der Waals surface area contributed by atoms with Crippen LogP contribution in [0.5, 0.6) is 5.75 Å². The zero-order valence-electron chi connectivity index (χ0n) is 14.3. The van der Waals surface area contributed by atoms with Gasteiger partial charge in [0.2, 0.25) is 0 Å². The molecule has 3 N–H and O–H groups in total. The summed E-state index contributed by atoms with van der Waals surface area (Å²) >= 11 is 0. The summed E-state index contributed by atoms with van der Waals surface area (Å²) in [5, 5.41) is 15.3. The van der Waals surface area contributed by atoms with E-state index in [1.54, 1.807) is 0 Å². The van der Waals surface area contributed by atoms with Crippen molar-refractivity contribution < 1.29 is 14.6 Å². The molecular weight excluding hydrogens is 292 g/mol. The van der Waals surface area contributed by atoms with E-state index in [2.05, 4.69) is 24.5 Å². The second kappa shape index (κ2) is 7.68. The molecule has 0 spiro atoms. The third-order valence-corrected chi connectivity index (χ3v) is 4.14. The van der Waals surface area contributed by atoms with Gasteiger partial charge in [0.1, 0.15) is 5.75 Å². The van der Waals surface area contributed by atoms with E-state index in [4.69, 9.17) is 4.74 Å². The number of amides is 2. The summed E-state index contributed by atoms with van der Waals surface area (Å²) < 4.78 is 5.69. The standard InChI is InChI=1S/C18H28N2O3/c1-13(2)11-23-16-6-4-5-14(9-16)10-19-17(22)20-18(3,12-21)15-7-8-15/h4-6,9,13,15,21H,7-8,10-12H2,1-3H3,(H2,19,20,22). The smallest absolute Gasteiger partial charge is 0.315 e. The van der Waals surface area contributed by atoms with Gasteiger partial charge in [-0.1, -0.05) is 26.0 Å². The summed E-state index contributed by atoms with van der Waals surface area (Å²) in [6.07, 6.45) is 2.12. The Morgan fingerprint density at radius 3 is 2.78 bits per heavy atom. The van der Waals surface area contributed by atoms with Crippen molar-refractivity contribution in [1.82, 2.24) is 10.6 Å². The van der Waals surface area contributed by atoms with E-state index < -0.39 is 5.54 Å². The third-order valence-electron chi connectivity index (χ3n) is 4.14. The number of benzene rings is 1. The Morgan fingerprint density at radius 1 is 1.43 bits per heavy atom. The molecule has 2 rings (SSSR count). The number of aliphatic hydroxyl groups excluding tert-OH is 1. The highest BCUT2D eigenvalue weighted by molar-refractivity contribution is 5.74. The molecule has 1 aliphatic carbocycles. The lowest BCUT2D eigenvalue weighted by Gasteiger charge is -2.28. The van der Waals surface area contributed by atoms with Crippen molar-refractivity contribution in [3.05, 3.63) is 29.8 Å². The molecule has 5 nitrogen and oxygen atoms in total. The third kappa shape index (κ3) is 5.43. The molecule has 128 valence electrons. The predicted molar refractivity (Wildman–Crippen MR) is 90.4 cm³/mol. The number of hydrogen-bond donors (Lipinski definition) is 3. The van der Waals surface area contributed by atoms with Gasteiger partial charge in [0.25, 0.3) is 0 Å². The number of ether oxygens (including phenoxy) is 1. The number of carbonyl (C=O) groups is 1. The van der Waals surface area contributed by atoms with E-state index >= 15 is 0 Å².